The molecule has 1 aromatic carbocycles. The van der Waals surface area contributed by atoms with Crippen LogP contribution in [0.2, 0.25) is 0 Å². The van der Waals surface area contributed by atoms with Gasteiger partial charge in [0.2, 0.25) is 0 Å². The predicted octanol–water partition coefficient (Wildman–Crippen LogP) is -0.254. The van der Waals surface area contributed by atoms with Crippen LogP contribution in [-0.4, -0.2) is 75.8 Å². The number of aryl methyl sites for hydroxylation is 1. The number of amides is 2. The topological polar surface area (TPSA) is 114 Å². The van der Waals surface area contributed by atoms with Crippen molar-refractivity contribution in [1.82, 2.24) is 30.4 Å². The summed E-state index contributed by atoms with van der Waals surface area (Å²) in [6.45, 7) is 7.50. The summed E-state index contributed by atoms with van der Waals surface area (Å²) in [7, 11) is 0. The molecule has 0 spiro atoms. The minimum atomic E-state index is -0.713. The minimum absolute atomic E-state index is 0.142. The normalized spacial score (nSPS) is 15.9. The quantitative estimate of drug-likeness (QED) is 0.695. The molecule has 0 bridgehead atoms. The van der Waals surface area contributed by atoms with Crippen LogP contribution >= 0.6 is 0 Å². The van der Waals surface area contributed by atoms with Crippen LogP contribution < -0.4 is 10.6 Å². The van der Waals surface area contributed by atoms with Crippen LogP contribution in [0.4, 0.5) is 5.69 Å². The number of morpholine rings is 1. The van der Waals surface area contributed by atoms with Crippen molar-refractivity contribution in [3.05, 3.63) is 30.1 Å². The zero-order valence-corrected chi connectivity index (χ0v) is 15.4. The molecule has 1 aromatic heterocycles. The molecule has 1 atom stereocenters. The molecule has 1 aliphatic rings. The molecule has 1 saturated heterocycles. The van der Waals surface area contributed by atoms with E-state index in [2.05, 4.69) is 31.1 Å². The Labute approximate surface area is 156 Å². The predicted molar refractivity (Wildman–Crippen MR) is 97.4 cm³/mol. The summed E-state index contributed by atoms with van der Waals surface area (Å²) < 4.78 is 6.80. The van der Waals surface area contributed by atoms with E-state index in [1.807, 2.05) is 19.9 Å². The van der Waals surface area contributed by atoms with E-state index in [-0.39, 0.29) is 6.04 Å². The van der Waals surface area contributed by atoms with Crippen LogP contribution in [0.3, 0.4) is 0 Å². The van der Waals surface area contributed by atoms with E-state index in [0.29, 0.717) is 25.4 Å². The van der Waals surface area contributed by atoms with Crippen molar-refractivity contribution in [2.45, 2.75) is 19.9 Å². The summed E-state index contributed by atoms with van der Waals surface area (Å²) in [4.78, 5) is 26.6. The van der Waals surface area contributed by atoms with Crippen LogP contribution in [0, 0.1) is 6.92 Å². The lowest BCUT2D eigenvalue weighted by Gasteiger charge is -2.29. The Morgan fingerprint density at radius 3 is 2.74 bits per heavy atom. The van der Waals surface area contributed by atoms with Crippen molar-refractivity contribution in [3.63, 3.8) is 0 Å². The van der Waals surface area contributed by atoms with Crippen molar-refractivity contribution in [2.75, 3.05) is 38.2 Å². The fourth-order valence-electron chi connectivity index (χ4n) is 2.90. The second-order valence-corrected chi connectivity index (χ2v) is 6.50. The molecule has 144 valence electrons. The molecule has 2 N–H and O–H groups in total. The van der Waals surface area contributed by atoms with E-state index < -0.39 is 11.8 Å². The van der Waals surface area contributed by atoms with Gasteiger partial charge in [0.25, 0.3) is 0 Å². The highest BCUT2D eigenvalue weighted by atomic mass is 16.5. The minimum Gasteiger partial charge on any atom is -0.379 e. The molecule has 1 fully saturated rings. The molecule has 0 saturated carbocycles. The Bertz CT molecular complexity index is 788. The highest BCUT2D eigenvalue weighted by molar-refractivity contribution is 6.39. The maximum absolute atomic E-state index is 12.2. The first-order chi connectivity index (χ1) is 13.0. The molecule has 27 heavy (non-hydrogen) atoms. The Balaban J connectivity index is 1.56. The first-order valence-electron chi connectivity index (χ1n) is 8.79. The van der Waals surface area contributed by atoms with Crippen molar-refractivity contribution in [3.8, 4) is 5.69 Å². The fourth-order valence-corrected chi connectivity index (χ4v) is 2.90. The Hall–Kier alpha value is -2.85. The molecule has 10 heteroatoms. The van der Waals surface area contributed by atoms with E-state index in [1.54, 1.807) is 12.1 Å². The second kappa shape index (κ2) is 8.69. The molecule has 1 unspecified atom stereocenters. The van der Waals surface area contributed by atoms with E-state index in [0.717, 1.165) is 24.3 Å². The third-order valence-corrected chi connectivity index (χ3v) is 4.28. The molecule has 10 nitrogen and oxygen atoms in total. The number of nitrogens with zero attached hydrogens (tertiary/aromatic N) is 5. The number of nitrogens with one attached hydrogen (secondary N) is 2. The first-order valence-corrected chi connectivity index (χ1v) is 8.79. The summed E-state index contributed by atoms with van der Waals surface area (Å²) >= 11 is 0. The summed E-state index contributed by atoms with van der Waals surface area (Å²) in [5.41, 5.74) is 2.15. The molecule has 2 aromatic rings. The Kier molecular flexibility index (Phi) is 6.09. The molecular weight excluding hydrogens is 350 g/mol. The number of rotatable bonds is 5. The molecule has 3 rings (SSSR count). The first kappa shape index (κ1) is 18.9. The van der Waals surface area contributed by atoms with E-state index >= 15 is 0 Å². The second-order valence-electron chi connectivity index (χ2n) is 6.50. The summed E-state index contributed by atoms with van der Waals surface area (Å²) in [5.74, 6) is -1.38. The SMILES string of the molecule is Cc1ccc(NC(=O)C(=O)NC(C)CN2CCOCC2)cc1-n1cnnn1. The maximum atomic E-state index is 12.2. The van der Waals surface area contributed by atoms with Gasteiger partial charge in [-0.05, 0) is 42.0 Å². The van der Waals surface area contributed by atoms with Crippen molar-refractivity contribution in [2.24, 2.45) is 0 Å². The maximum Gasteiger partial charge on any atom is 0.313 e. The van der Waals surface area contributed by atoms with Gasteiger partial charge in [0.15, 0.2) is 0 Å². The van der Waals surface area contributed by atoms with Gasteiger partial charge in [-0.25, -0.2) is 4.68 Å². The van der Waals surface area contributed by atoms with Crippen molar-refractivity contribution < 1.29 is 14.3 Å². The highest BCUT2D eigenvalue weighted by Crippen LogP contribution is 2.18. The smallest absolute Gasteiger partial charge is 0.313 e. The van der Waals surface area contributed by atoms with Gasteiger partial charge in [-0.2, -0.15) is 0 Å². The molecule has 0 aliphatic carbocycles. The third kappa shape index (κ3) is 5.08. The molecule has 2 amide bonds. The van der Waals surface area contributed by atoms with Crippen LogP contribution in [-0.2, 0) is 14.3 Å². The molecule has 0 radical (unpaired) electrons. The zero-order chi connectivity index (χ0) is 19.2. The Morgan fingerprint density at radius 2 is 2.04 bits per heavy atom. The lowest BCUT2D eigenvalue weighted by atomic mass is 10.2. The lowest BCUT2D eigenvalue weighted by Crippen LogP contribution is -2.48. The van der Waals surface area contributed by atoms with Crippen molar-refractivity contribution in [1.29, 1.82) is 0 Å². The molecule has 2 heterocycles. The van der Waals surface area contributed by atoms with Gasteiger partial charge in [0.1, 0.15) is 6.33 Å². The van der Waals surface area contributed by atoms with Gasteiger partial charge in [0, 0.05) is 31.4 Å². The van der Waals surface area contributed by atoms with Gasteiger partial charge in [-0.3, -0.25) is 14.5 Å². The van der Waals surface area contributed by atoms with Gasteiger partial charge < -0.3 is 15.4 Å². The standard InChI is InChI=1S/C17H23N7O3/c1-12-3-4-14(9-15(12)24-11-18-21-22-24)20-17(26)16(25)19-13(2)10-23-5-7-27-8-6-23/h3-4,9,11,13H,5-8,10H2,1-2H3,(H,19,25)(H,20,26). The van der Waals surface area contributed by atoms with Crippen LogP contribution in [0.1, 0.15) is 12.5 Å². The van der Waals surface area contributed by atoms with E-state index in [1.165, 1.54) is 11.0 Å². The number of carbonyl (C=O) groups is 2. The van der Waals surface area contributed by atoms with Crippen LogP contribution in [0.25, 0.3) is 5.69 Å². The number of ether oxygens (including phenoxy) is 1. The number of carbonyl (C=O) groups excluding carboxylic acids is 2. The van der Waals surface area contributed by atoms with Gasteiger partial charge in [-0.1, -0.05) is 6.07 Å². The van der Waals surface area contributed by atoms with Crippen LogP contribution in [0.15, 0.2) is 24.5 Å². The summed E-state index contributed by atoms with van der Waals surface area (Å²) in [5, 5.41) is 16.4. The Morgan fingerprint density at radius 1 is 1.26 bits per heavy atom. The average molecular weight is 373 g/mol. The highest BCUT2D eigenvalue weighted by Gasteiger charge is 2.19. The van der Waals surface area contributed by atoms with E-state index in [9.17, 15) is 9.59 Å². The number of anilines is 1. The largest absolute Gasteiger partial charge is 0.379 e. The van der Waals surface area contributed by atoms with E-state index in [4.69, 9.17) is 4.74 Å². The zero-order valence-electron chi connectivity index (χ0n) is 15.4. The van der Waals surface area contributed by atoms with Crippen LogP contribution in [0.5, 0.6) is 0 Å². The molecule has 1 aliphatic heterocycles. The number of hydrogen-bond acceptors (Lipinski definition) is 7. The van der Waals surface area contributed by atoms with Gasteiger partial charge in [0.05, 0.1) is 18.9 Å². The number of benzene rings is 1. The van der Waals surface area contributed by atoms with Crippen molar-refractivity contribution >= 4 is 17.5 Å². The summed E-state index contributed by atoms with van der Waals surface area (Å²) in [6, 6.07) is 5.13. The van der Waals surface area contributed by atoms with Gasteiger partial charge in [-0.15, -0.1) is 5.10 Å². The lowest BCUT2D eigenvalue weighted by molar-refractivity contribution is -0.136. The molecular formula is C17H23N7O3. The third-order valence-electron chi connectivity index (χ3n) is 4.28. The monoisotopic (exact) mass is 373 g/mol. The van der Waals surface area contributed by atoms with Gasteiger partial charge >= 0.3 is 11.8 Å². The number of tetrazole rings is 1. The number of hydrogen-bond donors (Lipinski definition) is 2. The fraction of sp³-hybridized carbons (Fsp3) is 0.471. The summed E-state index contributed by atoms with van der Waals surface area (Å²) in [6.07, 6.45) is 1.47. The number of aromatic nitrogens is 4. The average Bonchev–Trinajstić information content (AvgIpc) is 3.18.